The SMILES string of the molecule is CC(C)(C)NC(=O)CN1C(=O)C(N)C=C(c2ccccc2)c2ccccc21. The number of hydrogen-bond acceptors (Lipinski definition) is 3. The summed E-state index contributed by atoms with van der Waals surface area (Å²) in [6.45, 7) is 5.65. The summed E-state index contributed by atoms with van der Waals surface area (Å²) in [5.41, 5.74) is 9.25. The number of rotatable bonds is 3. The molecule has 0 saturated heterocycles. The van der Waals surface area contributed by atoms with Gasteiger partial charge < -0.3 is 16.0 Å². The van der Waals surface area contributed by atoms with E-state index in [0.717, 1.165) is 16.7 Å². The highest BCUT2D eigenvalue weighted by atomic mass is 16.2. The van der Waals surface area contributed by atoms with Gasteiger partial charge in [0.1, 0.15) is 12.6 Å². The van der Waals surface area contributed by atoms with E-state index < -0.39 is 6.04 Å². The van der Waals surface area contributed by atoms with Gasteiger partial charge in [-0.1, -0.05) is 48.5 Å². The van der Waals surface area contributed by atoms with Gasteiger partial charge in [-0.2, -0.15) is 0 Å². The second kappa shape index (κ2) is 7.37. The first-order valence-electron chi connectivity index (χ1n) is 9.01. The molecule has 0 bridgehead atoms. The molecule has 0 saturated carbocycles. The normalized spacial score (nSPS) is 17.0. The number of nitrogens with two attached hydrogens (primary N) is 1. The second-order valence-electron chi connectivity index (χ2n) is 7.71. The highest BCUT2D eigenvalue weighted by Gasteiger charge is 2.30. The fraction of sp³-hybridized carbons (Fsp3) is 0.273. The Morgan fingerprint density at radius 2 is 1.70 bits per heavy atom. The molecule has 5 nitrogen and oxygen atoms in total. The van der Waals surface area contributed by atoms with Gasteiger partial charge in [-0.05, 0) is 44.1 Å². The molecule has 140 valence electrons. The topological polar surface area (TPSA) is 75.4 Å². The van der Waals surface area contributed by atoms with Crippen LogP contribution in [0.15, 0.2) is 60.7 Å². The van der Waals surface area contributed by atoms with E-state index in [0.29, 0.717) is 5.69 Å². The Morgan fingerprint density at radius 1 is 1.07 bits per heavy atom. The molecule has 0 fully saturated rings. The first-order valence-corrected chi connectivity index (χ1v) is 9.01. The van der Waals surface area contributed by atoms with Crippen LogP contribution in [0.5, 0.6) is 0 Å². The fourth-order valence-electron chi connectivity index (χ4n) is 3.21. The Bertz CT molecular complexity index is 882. The van der Waals surface area contributed by atoms with Gasteiger partial charge >= 0.3 is 0 Å². The van der Waals surface area contributed by atoms with Gasteiger partial charge in [0.15, 0.2) is 0 Å². The maximum Gasteiger partial charge on any atom is 0.248 e. The van der Waals surface area contributed by atoms with Crippen molar-refractivity contribution in [3.63, 3.8) is 0 Å². The largest absolute Gasteiger partial charge is 0.350 e. The van der Waals surface area contributed by atoms with Crippen LogP contribution in [0, 0.1) is 0 Å². The van der Waals surface area contributed by atoms with Crippen molar-refractivity contribution in [3.8, 4) is 0 Å². The Morgan fingerprint density at radius 3 is 2.37 bits per heavy atom. The summed E-state index contributed by atoms with van der Waals surface area (Å²) in [4.78, 5) is 26.9. The van der Waals surface area contributed by atoms with E-state index in [9.17, 15) is 9.59 Å². The molecule has 1 atom stereocenters. The maximum absolute atomic E-state index is 13.0. The molecule has 2 aromatic carbocycles. The predicted octanol–water partition coefficient (Wildman–Crippen LogP) is 2.71. The Balaban J connectivity index is 2.04. The molecule has 1 unspecified atom stereocenters. The van der Waals surface area contributed by atoms with Crippen molar-refractivity contribution in [1.29, 1.82) is 0 Å². The minimum atomic E-state index is -0.824. The number of carbonyl (C=O) groups excluding carboxylic acids is 2. The summed E-state index contributed by atoms with van der Waals surface area (Å²) in [6.07, 6.45) is 1.78. The third kappa shape index (κ3) is 4.26. The van der Waals surface area contributed by atoms with Crippen LogP contribution in [0.1, 0.15) is 31.9 Å². The number of hydrogen-bond donors (Lipinski definition) is 2. The van der Waals surface area contributed by atoms with E-state index in [4.69, 9.17) is 5.73 Å². The molecule has 1 aliphatic rings. The van der Waals surface area contributed by atoms with Crippen LogP contribution in [0.25, 0.3) is 5.57 Å². The highest BCUT2D eigenvalue weighted by molar-refractivity contribution is 6.08. The molecular formula is C22H25N3O2. The lowest BCUT2D eigenvalue weighted by molar-refractivity contribution is -0.124. The third-order valence-corrected chi connectivity index (χ3v) is 4.28. The molecule has 3 rings (SSSR count). The van der Waals surface area contributed by atoms with Crippen molar-refractivity contribution in [2.75, 3.05) is 11.4 Å². The lowest BCUT2D eigenvalue weighted by Crippen LogP contribution is -2.50. The lowest BCUT2D eigenvalue weighted by atomic mass is 9.95. The van der Waals surface area contributed by atoms with Crippen molar-refractivity contribution >= 4 is 23.1 Å². The molecule has 0 radical (unpaired) electrons. The van der Waals surface area contributed by atoms with Crippen LogP contribution in [-0.2, 0) is 9.59 Å². The first-order chi connectivity index (χ1) is 12.8. The summed E-state index contributed by atoms with van der Waals surface area (Å²) < 4.78 is 0. The monoisotopic (exact) mass is 363 g/mol. The van der Waals surface area contributed by atoms with Crippen molar-refractivity contribution in [3.05, 3.63) is 71.8 Å². The summed E-state index contributed by atoms with van der Waals surface area (Å²) in [6, 6.07) is 16.6. The van der Waals surface area contributed by atoms with E-state index in [-0.39, 0.29) is 23.9 Å². The van der Waals surface area contributed by atoms with Crippen LogP contribution in [0.4, 0.5) is 5.69 Å². The third-order valence-electron chi connectivity index (χ3n) is 4.28. The number of anilines is 1. The zero-order valence-corrected chi connectivity index (χ0v) is 15.9. The number of benzene rings is 2. The average Bonchev–Trinajstić information content (AvgIpc) is 2.72. The molecule has 3 N–H and O–H groups in total. The van der Waals surface area contributed by atoms with Gasteiger partial charge in [0, 0.05) is 11.1 Å². The van der Waals surface area contributed by atoms with E-state index in [1.54, 1.807) is 6.08 Å². The minimum absolute atomic E-state index is 0.0727. The van der Waals surface area contributed by atoms with Gasteiger partial charge in [-0.3, -0.25) is 9.59 Å². The standard InChI is InChI=1S/C22H25N3O2/c1-22(2,3)24-20(26)14-25-19-12-8-7-11-16(19)17(13-18(23)21(25)27)15-9-5-4-6-10-15/h4-13,18H,14,23H2,1-3H3,(H,24,26). The number of nitrogens with one attached hydrogen (secondary N) is 1. The molecule has 0 aliphatic carbocycles. The number of para-hydroxylation sites is 1. The molecule has 27 heavy (non-hydrogen) atoms. The predicted molar refractivity (Wildman–Crippen MR) is 108 cm³/mol. The van der Waals surface area contributed by atoms with Crippen LogP contribution in [0.3, 0.4) is 0 Å². The number of nitrogens with zero attached hydrogens (tertiary/aromatic N) is 1. The average molecular weight is 363 g/mol. The first kappa shape index (κ1) is 18.9. The number of fused-ring (bicyclic) bond motifs is 1. The molecule has 5 heteroatoms. The van der Waals surface area contributed by atoms with Crippen molar-refractivity contribution < 1.29 is 9.59 Å². The summed E-state index contributed by atoms with van der Waals surface area (Å²) in [5, 5.41) is 2.91. The molecular weight excluding hydrogens is 338 g/mol. The molecule has 1 heterocycles. The van der Waals surface area contributed by atoms with Crippen LogP contribution in [-0.4, -0.2) is 29.9 Å². The van der Waals surface area contributed by atoms with Gasteiger partial charge in [-0.15, -0.1) is 0 Å². The van der Waals surface area contributed by atoms with Crippen LogP contribution in [0.2, 0.25) is 0 Å². The Hall–Kier alpha value is -2.92. The fourth-order valence-corrected chi connectivity index (χ4v) is 3.21. The number of amides is 2. The smallest absolute Gasteiger partial charge is 0.248 e. The van der Waals surface area contributed by atoms with Crippen molar-refractivity contribution in [1.82, 2.24) is 5.32 Å². The zero-order chi connectivity index (χ0) is 19.6. The van der Waals surface area contributed by atoms with Gasteiger partial charge in [0.2, 0.25) is 11.8 Å². The van der Waals surface area contributed by atoms with Crippen LogP contribution >= 0.6 is 0 Å². The van der Waals surface area contributed by atoms with Gasteiger partial charge in [-0.25, -0.2) is 0 Å². The summed E-state index contributed by atoms with van der Waals surface area (Å²) in [7, 11) is 0. The zero-order valence-electron chi connectivity index (χ0n) is 15.9. The second-order valence-corrected chi connectivity index (χ2v) is 7.71. The van der Waals surface area contributed by atoms with E-state index in [1.807, 2.05) is 75.4 Å². The molecule has 2 amide bonds. The van der Waals surface area contributed by atoms with Gasteiger partial charge in [0.25, 0.3) is 0 Å². The summed E-state index contributed by atoms with van der Waals surface area (Å²) >= 11 is 0. The molecule has 0 spiro atoms. The quantitative estimate of drug-likeness (QED) is 0.880. The molecule has 1 aliphatic heterocycles. The van der Waals surface area contributed by atoms with E-state index >= 15 is 0 Å². The van der Waals surface area contributed by atoms with E-state index in [1.165, 1.54) is 4.90 Å². The molecule has 2 aromatic rings. The Kier molecular flexibility index (Phi) is 5.15. The maximum atomic E-state index is 13.0. The minimum Gasteiger partial charge on any atom is -0.350 e. The summed E-state index contributed by atoms with van der Waals surface area (Å²) in [5.74, 6) is -0.515. The van der Waals surface area contributed by atoms with Crippen molar-refractivity contribution in [2.24, 2.45) is 5.73 Å². The van der Waals surface area contributed by atoms with Gasteiger partial charge in [0.05, 0.1) is 5.69 Å². The molecule has 0 aromatic heterocycles. The van der Waals surface area contributed by atoms with Crippen molar-refractivity contribution in [2.45, 2.75) is 32.4 Å². The van der Waals surface area contributed by atoms with Crippen LogP contribution < -0.4 is 16.0 Å². The lowest BCUT2D eigenvalue weighted by Gasteiger charge is -2.27. The van der Waals surface area contributed by atoms with E-state index in [2.05, 4.69) is 5.32 Å². The Labute approximate surface area is 159 Å². The number of carbonyl (C=O) groups is 2. The highest BCUT2D eigenvalue weighted by Crippen LogP contribution is 2.34.